The molecule has 0 aromatic heterocycles. The molecule has 1 heterocycles. The summed E-state index contributed by atoms with van der Waals surface area (Å²) in [6.45, 7) is 0.971. The molecular formula is C20H21ClN2O3. The molecule has 1 atom stereocenters. The van der Waals surface area contributed by atoms with Gasteiger partial charge in [-0.15, -0.1) is 0 Å². The molecule has 0 spiro atoms. The molecule has 2 aromatic rings. The van der Waals surface area contributed by atoms with Gasteiger partial charge in [0.2, 0.25) is 5.91 Å². The number of hydrogen-bond acceptors (Lipinski definition) is 4. The highest BCUT2D eigenvalue weighted by molar-refractivity contribution is 6.32. The first kappa shape index (κ1) is 17.0. The third-order valence-corrected chi connectivity index (χ3v) is 5.12. The minimum absolute atomic E-state index is 0.0273. The van der Waals surface area contributed by atoms with Crippen molar-refractivity contribution in [2.75, 3.05) is 18.9 Å². The van der Waals surface area contributed by atoms with Crippen molar-refractivity contribution in [3.05, 3.63) is 52.0 Å². The lowest BCUT2D eigenvalue weighted by Gasteiger charge is -2.27. The largest absolute Gasteiger partial charge is 0.486 e. The number of nitrogens with two attached hydrogens (primary N) is 1. The molecule has 4 rings (SSSR count). The maximum atomic E-state index is 12.6. The summed E-state index contributed by atoms with van der Waals surface area (Å²) >= 11 is 6.26. The molecule has 136 valence electrons. The fraction of sp³-hybridized carbons (Fsp3) is 0.350. The lowest BCUT2D eigenvalue weighted by molar-refractivity contribution is -0.121. The number of aryl methyl sites for hydroxylation is 1. The highest BCUT2D eigenvalue weighted by Crippen LogP contribution is 2.38. The zero-order valence-electron chi connectivity index (χ0n) is 14.4. The molecule has 0 bridgehead atoms. The van der Waals surface area contributed by atoms with Gasteiger partial charge in [0.1, 0.15) is 13.2 Å². The van der Waals surface area contributed by atoms with E-state index in [1.54, 1.807) is 6.07 Å². The van der Waals surface area contributed by atoms with Crippen molar-refractivity contribution in [3.8, 4) is 11.5 Å². The summed E-state index contributed by atoms with van der Waals surface area (Å²) in [7, 11) is 0. The van der Waals surface area contributed by atoms with E-state index in [1.807, 2.05) is 24.3 Å². The number of hydrogen-bond donors (Lipinski definition) is 2. The van der Waals surface area contributed by atoms with E-state index >= 15 is 0 Å². The summed E-state index contributed by atoms with van der Waals surface area (Å²) in [6.07, 6.45) is 3.23. The number of nitrogen functional groups attached to an aromatic ring is 1. The van der Waals surface area contributed by atoms with Crippen LogP contribution >= 0.6 is 11.6 Å². The fourth-order valence-corrected chi connectivity index (χ4v) is 3.97. The van der Waals surface area contributed by atoms with Crippen LogP contribution in [0.4, 0.5) is 5.69 Å². The molecule has 1 amide bonds. The van der Waals surface area contributed by atoms with Gasteiger partial charge in [-0.2, -0.15) is 0 Å². The van der Waals surface area contributed by atoms with Crippen molar-refractivity contribution in [2.24, 2.45) is 0 Å². The average molecular weight is 373 g/mol. The van der Waals surface area contributed by atoms with E-state index in [0.717, 1.165) is 30.5 Å². The van der Waals surface area contributed by atoms with E-state index in [4.69, 9.17) is 26.8 Å². The van der Waals surface area contributed by atoms with Gasteiger partial charge in [-0.3, -0.25) is 4.79 Å². The summed E-state index contributed by atoms with van der Waals surface area (Å²) in [6, 6.07) is 9.55. The van der Waals surface area contributed by atoms with Gasteiger partial charge in [-0.25, -0.2) is 0 Å². The maximum absolute atomic E-state index is 12.6. The van der Waals surface area contributed by atoms with E-state index in [2.05, 4.69) is 5.32 Å². The fourth-order valence-electron chi connectivity index (χ4n) is 3.68. The van der Waals surface area contributed by atoms with Crippen LogP contribution in [0.3, 0.4) is 0 Å². The van der Waals surface area contributed by atoms with E-state index in [0.29, 0.717) is 29.7 Å². The van der Waals surface area contributed by atoms with Crippen molar-refractivity contribution in [1.29, 1.82) is 0 Å². The van der Waals surface area contributed by atoms with Crippen molar-refractivity contribution in [2.45, 2.75) is 31.7 Å². The molecule has 0 fully saturated rings. The Hall–Kier alpha value is -2.40. The highest BCUT2D eigenvalue weighted by Gasteiger charge is 2.23. The zero-order valence-corrected chi connectivity index (χ0v) is 15.1. The Morgan fingerprint density at radius 3 is 2.96 bits per heavy atom. The van der Waals surface area contributed by atoms with Crippen molar-refractivity contribution >= 4 is 23.2 Å². The molecule has 2 aromatic carbocycles. The number of carbonyl (C=O) groups is 1. The van der Waals surface area contributed by atoms with E-state index in [9.17, 15) is 4.79 Å². The first-order valence-corrected chi connectivity index (χ1v) is 9.23. The standard InChI is InChI=1S/C20H21ClN2O3/c21-16-8-12(9-18-20(16)26-7-6-25-18)10-19(24)23-17-3-1-2-13-11-14(22)4-5-15(13)17/h4-5,8-9,11,17H,1-3,6-7,10,22H2,(H,23,24). The summed E-state index contributed by atoms with van der Waals surface area (Å²) in [5.74, 6) is 1.12. The second-order valence-corrected chi connectivity index (χ2v) is 7.16. The number of ether oxygens (including phenoxy) is 2. The molecule has 26 heavy (non-hydrogen) atoms. The summed E-state index contributed by atoms with van der Waals surface area (Å²) in [5, 5.41) is 3.62. The van der Waals surface area contributed by atoms with Gasteiger partial charge < -0.3 is 20.5 Å². The van der Waals surface area contributed by atoms with Crippen LogP contribution in [-0.4, -0.2) is 19.1 Å². The molecular weight excluding hydrogens is 352 g/mol. The van der Waals surface area contributed by atoms with Crippen molar-refractivity contribution < 1.29 is 14.3 Å². The number of nitrogens with one attached hydrogen (secondary N) is 1. The third-order valence-electron chi connectivity index (χ3n) is 4.84. The molecule has 5 nitrogen and oxygen atoms in total. The van der Waals surface area contributed by atoms with Crippen LogP contribution in [0, 0.1) is 0 Å². The number of benzene rings is 2. The van der Waals surface area contributed by atoms with Crippen LogP contribution in [0.25, 0.3) is 0 Å². The molecule has 1 aliphatic heterocycles. The van der Waals surface area contributed by atoms with Crippen LogP contribution in [0.1, 0.15) is 35.6 Å². The van der Waals surface area contributed by atoms with Crippen molar-refractivity contribution in [1.82, 2.24) is 5.32 Å². The molecule has 2 aliphatic rings. The van der Waals surface area contributed by atoms with Gasteiger partial charge >= 0.3 is 0 Å². The zero-order chi connectivity index (χ0) is 18.1. The minimum atomic E-state index is -0.0348. The predicted molar refractivity (Wildman–Crippen MR) is 101 cm³/mol. The number of halogens is 1. The second-order valence-electron chi connectivity index (χ2n) is 6.75. The lowest BCUT2D eigenvalue weighted by Crippen LogP contribution is -2.32. The topological polar surface area (TPSA) is 73.6 Å². The molecule has 0 radical (unpaired) electrons. The van der Waals surface area contributed by atoms with Crippen LogP contribution in [0.15, 0.2) is 30.3 Å². The van der Waals surface area contributed by atoms with Crippen LogP contribution < -0.4 is 20.5 Å². The highest BCUT2D eigenvalue weighted by atomic mass is 35.5. The number of anilines is 1. The van der Waals surface area contributed by atoms with Gasteiger partial charge in [0.05, 0.1) is 17.5 Å². The number of fused-ring (bicyclic) bond motifs is 2. The Bertz CT molecular complexity index is 853. The van der Waals surface area contributed by atoms with Crippen molar-refractivity contribution in [3.63, 3.8) is 0 Å². The molecule has 1 aliphatic carbocycles. The maximum Gasteiger partial charge on any atom is 0.224 e. The summed E-state index contributed by atoms with van der Waals surface area (Å²) in [4.78, 5) is 12.6. The molecule has 3 N–H and O–H groups in total. The first-order valence-electron chi connectivity index (χ1n) is 8.86. The number of amides is 1. The Morgan fingerprint density at radius 2 is 2.08 bits per heavy atom. The second kappa shape index (κ2) is 7.08. The van der Waals surface area contributed by atoms with E-state index in [-0.39, 0.29) is 18.4 Å². The van der Waals surface area contributed by atoms with E-state index in [1.165, 1.54) is 11.1 Å². The number of carbonyl (C=O) groups excluding carboxylic acids is 1. The van der Waals surface area contributed by atoms with Gasteiger partial charge in [-0.05, 0) is 60.2 Å². The Labute approximate surface area is 157 Å². The lowest BCUT2D eigenvalue weighted by atomic mass is 9.87. The van der Waals surface area contributed by atoms with Gasteiger partial charge in [0.15, 0.2) is 11.5 Å². The van der Waals surface area contributed by atoms with Crippen LogP contribution in [0.5, 0.6) is 11.5 Å². The third kappa shape index (κ3) is 3.44. The van der Waals surface area contributed by atoms with Crippen LogP contribution in [-0.2, 0) is 17.6 Å². The first-order chi connectivity index (χ1) is 12.6. The quantitative estimate of drug-likeness (QED) is 0.809. The molecule has 0 saturated carbocycles. The monoisotopic (exact) mass is 372 g/mol. The average Bonchev–Trinajstić information content (AvgIpc) is 2.61. The smallest absolute Gasteiger partial charge is 0.224 e. The van der Waals surface area contributed by atoms with Crippen LogP contribution in [0.2, 0.25) is 5.02 Å². The molecule has 1 unspecified atom stereocenters. The van der Waals surface area contributed by atoms with Gasteiger partial charge in [0.25, 0.3) is 0 Å². The minimum Gasteiger partial charge on any atom is -0.486 e. The Morgan fingerprint density at radius 1 is 1.23 bits per heavy atom. The van der Waals surface area contributed by atoms with Gasteiger partial charge in [-0.1, -0.05) is 17.7 Å². The summed E-state index contributed by atoms with van der Waals surface area (Å²) in [5.41, 5.74) is 9.85. The summed E-state index contributed by atoms with van der Waals surface area (Å²) < 4.78 is 11.1. The SMILES string of the molecule is Nc1ccc2c(c1)CCCC2NC(=O)Cc1cc(Cl)c2c(c1)OCCO2. The normalized spacial score (nSPS) is 18.1. The Kier molecular flexibility index (Phi) is 4.64. The van der Waals surface area contributed by atoms with Gasteiger partial charge in [0, 0.05) is 5.69 Å². The van der Waals surface area contributed by atoms with E-state index < -0.39 is 0 Å². The number of rotatable bonds is 3. The Balaban J connectivity index is 1.48. The predicted octanol–water partition coefficient (Wildman–Crippen LogP) is 3.43. The molecule has 0 saturated heterocycles. The molecule has 6 heteroatoms.